The highest BCUT2D eigenvalue weighted by Gasteiger charge is 2.26. The van der Waals surface area contributed by atoms with Crippen molar-refractivity contribution in [3.05, 3.63) is 54.5 Å². The van der Waals surface area contributed by atoms with E-state index in [1.165, 1.54) is 17.0 Å². The highest BCUT2D eigenvalue weighted by Crippen LogP contribution is 2.18. The minimum atomic E-state index is -0.663. The number of carbonyl (C=O) groups is 2. The summed E-state index contributed by atoms with van der Waals surface area (Å²) >= 11 is 0. The zero-order chi connectivity index (χ0) is 18.8. The van der Waals surface area contributed by atoms with E-state index >= 15 is 0 Å². The van der Waals surface area contributed by atoms with Gasteiger partial charge in [-0.25, -0.2) is 4.39 Å². The monoisotopic (exact) mass is 367 g/mol. The van der Waals surface area contributed by atoms with Crippen LogP contribution in [0.5, 0.6) is 0 Å². The summed E-state index contributed by atoms with van der Waals surface area (Å²) in [5.74, 6) is -1.50. The maximum atomic E-state index is 13.0. The molecule has 2 N–H and O–H groups in total. The van der Waals surface area contributed by atoms with Gasteiger partial charge in [0, 0.05) is 42.9 Å². The van der Waals surface area contributed by atoms with Crippen LogP contribution in [-0.2, 0) is 9.59 Å². The Hall–Kier alpha value is -3.42. The molecule has 3 aromatic rings. The van der Waals surface area contributed by atoms with Gasteiger partial charge in [0.05, 0.1) is 11.7 Å². The van der Waals surface area contributed by atoms with Crippen LogP contribution in [0.2, 0.25) is 0 Å². The summed E-state index contributed by atoms with van der Waals surface area (Å²) in [6.45, 7) is 2.04. The maximum Gasteiger partial charge on any atom is 0.313 e. The zero-order valence-electron chi connectivity index (χ0n) is 14.5. The normalized spacial score (nSPS) is 14.4. The Morgan fingerprint density at radius 2 is 1.78 bits per heavy atom. The molecule has 1 aromatic heterocycles. The molecule has 0 atom stereocenters. The Kier molecular flexibility index (Phi) is 4.45. The topological polar surface area (TPSA) is 81.3 Å². The van der Waals surface area contributed by atoms with Gasteiger partial charge in [-0.2, -0.15) is 5.10 Å². The minimum absolute atomic E-state index is 0.280. The Labute approximate surface area is 154 Å². The smallest absolute Gasteiger partial charge is 0.313 e. The molecule has 2 amide bonds. The number of benzene rings is 2. The van der Waals surface area contributed by atoms with Crippen LogP contribution >= 0.6 is 0 Å². The molecule has 0 spiro atoms. The number of hydrogen-bond donors (Lipinski definition) is 2. The lowest BCUT2D eigenvalue weighted by Crippen LogP contribution is -2.51. The average Bonchev–Trinajstić information content (AvgIpc) is 3.16. The minimum Gasteiger partial charge on any atom is -0.368 e. The summed E-state index contributed by atoms with van der Waals surface area (Å²) in [5.41, 5.74) is 2.23. The molecule has 4 rings (SSSR count). The Morgan fingerprint density at radius 3 is 2.52 bits per heavy atom. The van der Waals surface area contributed by atoms with Crippen LogP contribution in [0.4, 0.5) is 15.8 Å². The first-order valence-electron chi connectivity index (χ1n) is 8.64. The second-order valence-corrected chi connectivity index (χ2v) is 6.38. The summed E-state index contributed by atoms with van der Waals surface area (Å²) < 4.78 is 13.0. The van der Waals surface area contributed by atoms with Crippen LogP contribution in [0.15, 0.2) is 48.7 Å². The lowest BCUT2D eigenvalue weighted by Gasteiger charge is -2.35. The molecule has 27 heavy (non-hydrogen) atoms. The van der Waals surface area contributed by atoms with E-state index < -0.39 is 11.8 Å². The van der Waals surface area contributed by atoms with Gasteiger partial charge in [-0.05, 0) is 42.5 Å². The van der Waals surface area contributed by atoms with Gasteiger partial charge in [0.25, 0.3) is 0 Å². The quantitative estimate of drug-likeness (QED) is 0.679. The largest absolute Gasteiger partial charge is 0.368 e. The van der Waals surface area contributed by atoms with E-state index in [2.05, 4.69) is 20.4 Å². The summed E-state index contributed by atoms with van der Waals surface area (Å²) in [4.78, 5) is 28.3. The molecule has 7 nitrogen and oxygen atoms in total. The number of hydrogen-bond acceptors (Lipinski definition) is 4. The van der Waals surface area contributed by atoms with Gasteiger partial charge in [-0.15, -0.1) is 0 Å². The Morgan fingerprint density at radius 1 is 1.04 bits per heavy atom. The fraction of sp³-hybridized carbons (Fsp3) is 0.211. The predicted molar refractivity (Wildman–Crippen MR) is 99.9 cm³/mol. The molecule has 0 radical (unpaired) electrons. The number of piperazine rings is 1. The van der Waals surface area contributed by atoms with Crippen molar-refractivity contribution in [3.8, 4) is 0 Å². The highest BCUT2D eigenvalue weighted by atomic mass is 19.1. The van der Waals surface area contributed by atoms with Crippen molar-refractivity contribution in [1.82, 2.24) is 15.1 Å². The molecule has 0 unspecified atom stereocenters. The standard InChI is InChI=1S/C19H18FN5O2/c20-14-2-5-16(6-3-14)24-7-9-25(10-8-24)19(27)18(26)22-15-4-1-13-12-21-23-17(13)11-15/h1-6,11-12H,7-10H2,(H,21,23)(H,22,26). The third kappa shape index (κ3) is 3.59. The molecule has 0 saturated carbocycles. The second-order valence-electron chi connectivity index (χ2n) is 6.38. The van der Waals surface area contributed by atoms with E-state index in [9.17, 15) is 14.0 Å². The van der Waals surface area contributed by atoms with E-state index in [-0.39, 0.29) is 5.82 Å². The van der Waals surface area contributed by atoms with Gasteiger partial charge in [0.15, 0.2) is 0 Å². The number of fused-ring (bicyclic) bond motifs is 1. The molecule has 1 aliphatic heterocycles. The lowest BCUT2D eigenvalue weighted by atomic mass is 10.2. The third-order valence-corrected chi connectivity index (χ3v) is 4.65. The van der Waals surface area contributed by atoms with Crippen LogP contribution in [0.3, 0.4) is 0 Å². The van der Waals surface area contributed by atoms with Crippen molar-refractivity contribution in [1.29, 1.82) is 0 Å². The van der Waals surface area contributed by atoms with Crippen molar-refractivity contribution in [3.63, 3.8) is 0 Å². The first-order chi connectivity index (χ1) is 13.1. The highest BCUT2D eigenvalue weighted by molar-refractivity contribution is 6.39. The van der Waals surface area contributed by atoms with Crippen molar-refractivity contribution < 1.29 is 14.0 Å². The average molecular weight is 367 g/mol. The van der Waals surface area contributed by atoms with Gasteiger partial charge in [-0.3, -0.25) is 14.7 Å². The number of aromatic amines is 1. The number of nitrogens with one attached hydrogen (secondary N) is 2. The SMILES string of the molecule is O=C(Nc1ccc2cn[nH]c2c1)C(=O)N1CCN(c2ccc(F)cc2)CC1. The van der Waals surface area contributed by atoms with Crippen molar-refractivity contribution in [2.45, 2.75) is 0 Å². The fourth-order valence-electron chi connectivity index (χ4n) is 3.16. The molecular weight excluding hydrogens is 349 g/mol. The maximum absolute atomic E-state index is 13.0. The van der Waals surface area contributed by atoms with Crippen LogP contribution in [-0.4, -0.2) is 53.1 Å². The van der Waals surface area contributed by atoms with Crippen LogP contribution < -0.4 is 10.2 Å². The lowest BCUT2D eigenvalue weighted by molar-refractivity contribution is -0.143. The van der Waals surface area contributed by atoms with Gasteiger partial charge in [0.2, 0.25) is 0 Å². The molecule has 0 aliphatic carbocycles. The molecule has 138 valence electrons. The van der Waals surface area contributed by atoms with Crippen molar-refractivity contribution in [2.24, 2.45) is 0 Å². The van der Waals surface area contributed by atoms with Gasteiger partial charge >= 0.3 is 11.8 Å². The van der Waals surface area contributed by atoms with Gasteiger partial charge < -0.3 is 15.1 Å². The van der Waals surface area contributed by atoms with E-state index in [1.807, 2.05) is 6.07 Å². The molecule has 1 saturated heterocycles. The zero-order valence-corrected chi connectivity index (χ0v) is 14.5. The fourth-order valence-corrected chi connectivity index (χ4v) is 3.16. The van der Waals surface area contributed by atoms with Crippen molar-refractivity contribution in [2.75, 3.05) is 36.4 Å². The van der Waals surface area contributed by atoms with Crippen LogP contribution in [0.25, 0.3) is 10.9 Å². The second kappa shape index (κ2) is 7.06. The molecule has 2 aromatic carbocycles. The van der Waals surface area contributed by atoms with Gasteiger partial charge in [-0.1, -0.05) is 0 Å². The molecule has 0 bridgehead atoms. The van der Waals surface area contributed by atoms with E-state index in [0.29, 0.717) is 31.9 Å². The summed E-state index contributed by atoms with van der Waals surface area (Å²) in [7, 11) is 0. The van der Waals surface area contributed by atoms with Crippen molar-refractivity contribution >= 4 is 34.1 Å². The first kappa shape index (κ1) is 17.0. The number of amides is 2. The summed E-state index contributed by atoms with van der Waals surface area (Å²) in [6, 6.07) is 11.5. The number of halogens is 1. The number of rotatable bonds is 2. The first-order valence-corrected chi connectivity index (χ1v) is 8.64. The molecule has 8 heteroatoms. The predicted octanol–water partition coefficient (Wildman–Crippen LogP) is 1.99. The van der Waals surface area contributed by atoms with Gasteiger partial charge in [0.1, 0.15) is 5.82 Å². The number of nitrogens with zero attached hydrogens (tertiary/aromatic N) is 3. The number of H-pyrrole nitrogens is 1. The Balaban J connectivity index is 1.35. The van der Waals surface area contributed by atoms with Crippen LogP contribution in [0.1, 0.15) is 0 Å². The van der Waals surface area contributed by atoms with E-state index in [4.69, 9.17) is 0 Å². The number of aromatic nitrogens is 2. The van der Waals surface area contributed by atoms with Crippen LogP contribution in [0, 0.1) is 5.82 Å². The summed E-state index contributed by atoms with van der Waals surface area (Å²) in [6.07, 6.45) is 1.69. The van der Waals surface area contributed by atoms with E-state index in [0.717, 1.165) is 16.6 Å². The number of anilines is 2. The molecule has 1 fully saturated rings. The molecular formula is C19H18FN5O2. The molecule has 2 heterocycles. The van der Waals surface area contributed by atoms with E-state index in [1.54, 1.807) is 30.5 Å². The third-order valence-electron chi connectivity index (χ3n) is 4.65. The number of carbonyl (C=O) groups excluding carboxylic acids is 2. The molecule has 1 aliphatic rings. The summed E-state index contributed by atoms with van der Waals surface area (Å²) in [5, 5.41) is 10.3. The Bertz CT molecular complexity index is 977.